The van der Waals surface area contributed by atoms with Crippen molar-refractivity contribution in [2.45, 2.75) is 26.7 Å². The number of furan rings is 1. The van der Waals surface area contributed by atoms with E-state index < -0.39 is 0 Å². The van der Waals surface area contributed by atoms with E-state index in [1.54, 1.807) is 11.0 Å². The standard InChI is InChI=1S/C19H24N2O4/c1-13(2)7-8-16(22)20-17-14-5-3-4-6-15(14)25-18(17)19(23)21-9-11-24-12-10-21/h3-6,13H,7-12H2,1-2H3,(H,20,22). The molecule has 3 rings (SSSR count). The number of para-hydroxylation sites is 1. The number of anilines is 1. The molecule has 2 heterocycles. The van der Waals surface area contributed by atoms with Gasteiger partial charge in [-0.2, -0.15) is 0 Å². The minimum Gasteiger partial charge on any atom is -0.449 e. The molecule has 2 amide bonds. The average molecular weight is 344 g/mol. The van der Waals surface area contributed by atoms with Crippen LogP contribution in [0.2, 0.25) is 0 Å². The number of carbonyl (C=O) groups excluding carboxylic acids is 2. The summed E-state index contributed by atoms with van der Waals surface area (Å²) in [6, 6.07) is 7.37. The van der Waals surface area contributed by atoms with Crippen LogP contribution in [0.5, 0.6) is 0 Å². The minimum absolute atomic E-state index is 0.101. The van der Waals surface area contributed by atoms with Crippen LogP contribution in [0, 0.1) is 5.92 Å². The van der Waals surface area contributed by atoms with Gasteiger partial charge >= 0.3 is 0 Å². The maximum Gasteiger partial charge on any atom is 0.291 e. The molecule has 1 aromatic heterocycles. The predicted octanol–water partition coefficient (Wildman–Crippen LogP) is 3.28. The summed E-state index contributed by atoms with van der Waals surface area (Å²) in [5.74, 6) is 0.331. The molecule has 6 nitrogen and oxygen atoms in total. The highest BCUT2D eigenvalue weighted by atomic mass is 16.5. The Bertz CT molecular complexity index is 760. The Kier molecular flexibility index (Phi) is 5.38. The van der Waals surface area contributed by atoms with Crippen LogP contribution in [0.15, 0.2) is 28.7 Å². The second kappa shape index (κ2) is 7.70. The van der Waals surface area contributed by atoms with Crippen molar-refractivity contribution in [1.82, 2.24) is 4.90 Å². The molecule has 6 heteroatoms. The molecule has 0 aliphatic carbocycles. The average Bonchev–Trinajstić information content (AvgIpc) is 2.98. The molecule has 0 atom stereocenters. The molecule has 0 radical (unpaired) electrons. The van der Waals surface area contributed by atoms with Crippen LogP contribution in [0.1, 0.15) is 37.2 Å². The molecule has 1 N–H and O–H groups in total. The van der Waals surface area contributed by atoms with Crippen molar-refractivity contribution in [3.8, 4) is 0 Å². The topological polar surface area (TPSA) is 71.8 Å². The van der Waals surface area contributed by atoms with Gasteiger partial charge in [-0.1, -0.05) is 26.0 Å². The Morgan fingerprint density at radius 3 is 2.64 bits per heavy atom. The molecular formula is C19H24N2O4. The van der Waals surface area contributed by atoms with Gasteiger partial charge in [-0.25, -0.2) is 0 Å². The van der Waals surface area contributed by atoms with Gasteiger partial charge in [0.25, 0.3) is 5.91 Å². The monoisotopic (exact) mass is 344 g/mol. The van der Waals surface area contributed by atoms with Gasteiger partial charge in [0.05, 0.1) is 13.2 Å². The van der Waals surface area contributed by atoms with Gasteiger partial charge in [0, 0.05) is 24.9 Å². The highest BCUT2D eigenvalue weighted by molar-refractivity contribution is 6.10. The fourth-order valence-corrected chi connectivity index (χ4v) is 2.85. The van der Waals surface area contributed by atoms with Gasteiger partial charge in [-0.15, -0.1) is 0 Å². The van der Waals surface area contributed by atoms with Gasteiger partial charge in [-0.05, 0) is 24.5 Å². The molecule has 2 aromatic rings. The van der Waals surface area contributed by atoms with E-state index in [9.17, 15) is 9.59 Å². The van der Waals surface area contributed by atoms with Gasteiger partial charge in [0.15, 0.2) is 0 Å². The van der Waals surface area contributed by atoms with Crippen LogP contribution in [0.25, 0.3) is 11.0 Å². The molecule has 0 saturated carbocycles. The third-order valence-corrected chi connectivity index (χ3v) is 4.30. The molecule has 1 saturated heterocycles. The summed E-state index contributed by atoms with van der Waals surface area (Å²) in [5, 5.41) is 3.64. The SMILES string of the molecule is CC(C)CCC(=O)Nc1c(C(=O)N2CCOCC2)oc2ccccc12. The zero-order valence-electron chi connectivity index (χ0n) is 14.7. The summed E-state index contributed by atoms with van der Waals surface area (Å²) in [4.78, 5) is 26.9. The Morgan fingerprint density at radius 1 is 1.20 bits per heavy atom. The van der Waals surface area contributed by atoms with E-state index in [0.29, 0.717) is 49.9 Å². The number of nitrogens with one attached hydrogen (secondary N) is 1. The first-order chi connectivity index (χ1) is 12.1. The largest absolute Gasteiger partial charge is 0.449 e. The zero-order valence-corrected chi connectivity index (χ0v) is 14.7. The number of fused-ring (bicyclic) bond motifs is 1. The first-order valence-electron chi connectivity index (χ1n) is 8.74. The van der Waals surface area contributed by atoms with Crippen molar-refractivity contribution in [2.24, 2.45) is 5.92 Å². The smallest absolute Gasteiger partial charge is 0.291 e. The Morgan fingerprint density at radius 2 is 1.92 bits per heavy atom. The van der Waals surface area contributed by atoms with Gasteiger partial charge in [0.2, 0.25) is 11.7 Å². The maximum absolute atomic E-state index is 12.9. The normalized spacial score (nSPS) is 14.9. The number of nitrogens with zero attached hydrogens (tertiary/aromatic N) is 1. The molecule has 25 heavy (non-hydrogen) atoms. The van der Waals surface area contributed by atoms with Gasteiger partial charge in [0.1, 0.15) is 11.3 Å². The van der Waals surface area contributed by atoms with Crippen LogP contribution in [0.3, 0.4) is 0 Å². The highest BCUT2D eigenvalue weighted by Gasteiger charge is 2.27. The van der Waals surface area contributed by atoms with E-state index in [0.717, 1.165) is 11.8 Å². The van der Waals surface area contributed by atoms with Crippen LogP contribution < -0.4 is 5.32 Å². The van der Waals surface area contributed by atoms with Crippen molar-refractivity contribution in [1.29, 1.82) is 0 Å². The summed E-state index contributed by atoms with van der Waals surface area (Å²) in [6.07, 6.45) is 1.22. The Hall–Kier alpha value is -2.34. The lowest BCUT2D eigenvalue weighted by Gasteiger charge is -2.26. The van der Waals surface area contributed by atoms with E-state index in [-0.39, 0.29) is 17.6 Å². The number of rotatable bonds is 5. The van der Waals surface area contributed by atoms with Crippen molar-refractivity contribution in [3.63, 3.8) is 0 Å². The minimum atomic E-state index is -0.210. The second-order valence-electron chi connectivity index (χ2n) is 6.69. The quantitative estimate of drug-likeness (QED) is 0.903. The van der Waals surface area contributed by atoms with Crippen molar-refractivity contribution < 1.29 is 18.7 Å². The molecular weight excluding hydrogens is 320 g/mol. The molecule has 1 aliphatic heterocycles. The predicted molar refractivity (Wildman–Crippen MR) is 95.6 cm³/mol. The Labute approximate surface area is 147 Å². The van der Waals surface area contributed by atoms with Crippen LogP contribution >= 0.6 is 0 Å². The van der Waals surface area contributed by atoms with Crippen molar-refractivity contribution in [2.75, 3.05) is 31.6 Å². The summed E-state index contributed by atoms with van der Waals surface area (Å²) >= 11 is 0. The molecule has 134 valence electrons. The van der Waals surface area contributed by atoms with Crippen molar-refractivity contribution in [3.05, 3.63) is 30.0 Å². The summed E-state index contributed by atoms with van der Waals surface area (Å²) in [6.45, 7) is 6.24. The zero-order chi connectivity index (χ0) is 17.8. The van der Waals surface area contributed by atoms with Crippen LogP contribution in [-0.2, 0) is 9.53 Å². The molecule has 0 bridgehead atoms. The van der Waals surface area contributed by atoms with E-state index in [1.807, 2.05) is 18.2 Å². The van der Waals surface area contributed by atoms with Gasteiger partial charge in [-0.3, -0.25) is 9.59 Å². The third-order valence-electron chi connectivity index (χ3n) is 4.30. The van der Waals surface area contributed by atoms with E-state index in [1.165, 1.54) is 0 Å². The van der Waals surface area contributed by atoms with Gasteiger partial charge < -0.3 is 19.4 Å². The van der Waals surface area contributed by atoms with E-state index in [4.69, 9.17) is 9.15 Å². The number of hydrogen-bond donors (Lipinski definition) is 1. The highest BCUT2D eigenvalue weighted by Crippen LogP contribution is 2.32. The Balaban J connectivity index is 1.89. The number of morpholine rings is 1. The maximum atomic E-state index is 12.9. The third kappa shape index (κ3) is 4.02. The van der Waals surface area contributed by atoms with E-state index in [2.05, 4.69) is 19.2 Å². The molecule has 1 fully saturated rings. The number of benzene rings is 1. The summed E-state index contributed by atoms with van der Waals surface area (Å²) < 4.78 is 11.1. The summed E-state index contributed by atoms with van der Waals surface area (Å²) in [5.41, 5.74) is 1.07. The van der Waals surface area contributed by atoms with Crippen LogP contribution in [-0.4, -0.2) is 43.0 Å². The number of hydrogen-bond acceptors (Lipinski definition) is 4. The molecule has 0 spiro atoms. The first-order valence-corrected chi connectivity index (χ1v) is 8.74. The van der Waals surface area contributed by atoms with E-state index >= 15 is 0 Å². The fraction of sp³-hybridized carbons (Fsp3) is 0.474. The lowest BCUT2D eigenvalue weighted by Crippen LogP contribution is -2.40. The second-order valence-corrected chi connectivity index (χ2v) is 6.69. The molecule has 0 unspecified atom stereocenters. The fourth-order valence-electron chi connectivity index (χ4n) is 2.85. The number of carbonyl (C=O) groups is 2. The lowest BCUT2D eigenvalue weighted by atomic mass is 10.1. The molecule has 1 aliphatic rings. The van der Waals surface area contributed by atoms with Crippen molar-refractivity contribution >= 4 is 28.5 Å². The molecule has 1 aromatic carbocycles. The number of ether oxygens (including phenoxy) is 1. The number of amides is 2. The summed E-state index contributed by atoms with van der Waals surface area (Å²) in [7, 11) is 0. The lowest BCUT2D eigenvalue weighted by molar-refractivity contribution is -0.116. The first kappa shape index (κ1) is 17.5. The van der Waals surface area contributed by atoms with Crippen LogP contribution in [0.4, 0.5) is 5.69 Å².